The standard InChI is InChI=1S/C18H22BrNO/c1-4-21-14-10-11-15(16(19)12-14)17(20)18(2,3)13-8-6-5-7-9-13/h5-12,17H,4,20H2,1-3H3. The zero-order valence-corrected chi connectivity index (χ0v) is 14.4. The first kappa shape index (κ1) is 16.1. The third kappa shape index (κ3) is 3.47. The molecule has 0 fully saturated rings. The normalized spacial score (nSPS) is 13.0. The molecule has 0 aliphatic rings. The fourth-order valence-electron chi connectivity index (χ4n) is 2.45. The maximum Gasteiger partial charge on any atom is 0.120 e. The Morgan fingerprint density at radius 3 is 2.38 bits per heavy atom. The molecule has 0 aromatic heterocycles. The summed E-state index contributed by atoms with van der Waals surface area (Å²) in [5.74, 6) is 0.859. The van der Waals surface area contributed by atoms with Crippen LogP contribution in [-0.2, 0) is 5.41 Å². The van der Waals surface area contributed by atoms with E-state index in [0.717, 1.165) is 15.8 Å². The Balaban J connectivity index is 2.33. The van der Waals surface area contributed by atoms with Crippen LogP contribution in [0, 0.1) is 0 Å². The number of benzene rings is 2. The molecule has 0 radical (unpaired) electrons. The molecule has 2 nitrogen and oxygen atoms in total. The molecule has 0 saturated heterocycles. The Labute approximate surface area is 135 Å². The van der Waals surface area contributed by atoms with E-state index in [1.54, 1.807) is 0 Å². The molecule has 0 amide bonds. The van der Waals surface area contributed by atoms with E-state index in [1.807, 2.05) is 31.2 Å². The largest absolute Gasteiger partial charge is 0.494 e. The van der Waals surface area contributed by atoms with Gasteiger partial charge in [-0.1, -0.05) is 66.2 Å². The maximum atomic E-state index is 6.56. The van der Waals surface area contributed by atoms with Gasteiger partial charge in [0, 0.05) is 15.9 Å². The van der Waals surface area contributed by atoms with Crippen LogP contribution < -0.4 is 10.5 Å². The zero-order chi connectivity index (χ0) is 15.5. The van der Waals surface area contributed by atoms with Gasteiger partial charge in [-0.15, -0.1) is 0 Å². The number of ether oxygens (including phenoxy) is 1. The third-order valence-electron chi connectivity index (χ3n) is 3.91. The lowest BCUT2D eigenvalue weighted by Crippen LogP contribution is -2.33. The second kappa shape index (κ2) is 6.63. The molecule has 2 N–H and O–H groups in total. The number of rotatable bonds is 5. The van der Waals surface area contributed by atoms with Crippen molar-refractivity contribution in [2.24, 2.45) is 5.73 Å². The van der Waals surface area contributed by atoms with Gasteiger partial charge in [0.15, 0.2) is 0 Å². The minimum Gasteiger partial charge on any atom is -0.494 e. The summed E-state index contributed by atoms with van der Waals surface area (Å²) < 4.78 is 6.51. The van der Waals surface area contributed by atoms with E-state index in [-0.39, 0.29) is 11.5 Å². The van der Waals surface area contributed by atoms with E-state index in [9.17, 15) is 0 Å². The first-order valence-corrected chi connectivity index (χ1v) is 7.99. The van der Waals surface area contributed by atoms with E-state index in [0.29, 0.717) is 6.61 Å². The average molecular weight is 348 g/mol. The molecule has 3 heteroatoms. The summed E-state index contributed by atoms with van der Waals surface area (Å²) in [5.41, 5.74) is 8.73. The molecule has 0 bridgehead atoms. The van der Waals surface area contributed by atoms with Crippen molar-refractivity contribution in [2.75, 3.05) is 6.61 Å². The van der Waals surface area contributed by atoms with Crippen LogP contribution in [0.5, 0.6) is 5.75 Å². The second-order valence-electron chi connectivity index (χ2n) is 5.68. The van der Waals surface area contributed by atoms with Gasteiger partial charge in [0.05, 0.1) is 6.61 Å². The Hall–Kier alpha value is -1.32. The van der Waals surface area contributed by atoms with Crippen molar-refractivity contribution in [1.29, 1.82) is 0 Å². The summed E-state index contributed by atoms with van der Waals surface area (Å²) in [6.45, 7) is 6.99. The molecule has 0 saturated carbocycles. The van der Waals surface area contributed by atoms with Crippen molar-refractivity contribution in [3.8, 4) is 5.75 Å². The maximum absolute atomic E-state index is 6.56. The predicted molar refractivity (Wildman–Crippen MR) is 91.7 cm³/mol. The van der Waals surface area contributed by atoms with E-state index in [1.165, 1.54) is 5.56 Å². The van der Waals surface area contributed by atoms with Gasteiger partial charge < -0.3 is 10.5 Å². The summed E-state index contributed by atoms with van der Waals surface area (Å²) in [5, 5.41) is 0. The molecular weight excluding hydrogens is 326 g/mol. The lowest BCUT2D eigenvalue weighted by molar-refractivity contribution is 0.339. The predicted octanol–water partition coefficient (Wildman–Crippen LogP) is 4.83. The van der Waals surface area contributed by atoms with Gasteiger partial charge in [0.25, 0.3) is 0 Å². The van der Waals surface area contributed by atoms with Crippen LogP contribution in [0.1, 0.15) is 37.9 Å². The van der Waals surface area contributed by atoms with Crippen LogP contribution in [-0.4, -0.2) is 6.61 Å². The van der Waals surface area contributed by atoms with Gasteiger partial charge in [0.1, 0.15) is 5.75 Å². The fraction of sp³-hybridized carbons (Fsp3) is 0.333. The summed E-state index contributed by atoms with van der Waals surface area (Å²) in [6, 6.07) is 16.3. The number of nitrogens with two attached hydrogens (primary N) is 1. The van der Waals surface area contributed by atoms with Crippen LogP contribution in [0.15, 0.2) is 53.0 Å². The number of hydrogen-bond donors (Lipinski definition) is 1. The van der Waals surface area contributed by atoms with Crippen LogP contribution in [0.3, 0.4) is 0 Å². The summed E-state index contributed by atoms with van der Waals surface area (Å²) in [4.78, 5) is 0. The lowest BCUT2D eigenvalue weighted by Gasteiger charge is -2.33. The topological polar surface area (TPSA) is 35.2 Å². The molecule has 0 aliphatic heterocycles. The Kier molecular flexibility index (Phi) is 5.07. The number of halogens is 1. The SMILES string of the molecule is CCOc1ccc(C(N)C(C)(C)c2ccccc2)c(Br)c1. The molecular formula is C18H22BrNO. The molecule has 0 heterocycles. The molecule has 1 atom stereocenters. The number of hydrogen-bond acceptors (Lipinski definition) is 2. The van der Waals surface area contributed by atoms with Crippen molar-refractivity contribution in [1.82, 2.24) is 0 Å². The quantitative estimate of drug-likeness (QED) is 0.840. The van der Waals surface area contributed by atoms with Gasteiger partial charge in [-0.3, -0.25) is 0 Å². The molecule has 0 spiro atoms. The highest BCUT2D eigenvalue weighted by Gasteiger charge is 2.30. The van der Waals surface area contributed by atoms with E-state index in [4.69, 9.17) is 10.5 Å². The molecule has 1 unspecified atom stereocenters. The Morgan fingerprint density at radius 2 is 1.81 bits per heavy atom. The van der Waals surface area contributed by atoms with Crippen LogP contribution in [0.4, 0.5) is 0 Å². The highest BCUT2D eigenvalue weighted by atomic mass is 79.9. The van der Waals surface area contributed by atoms with Gasteiger partial charge in [-0.25, -0.2) is 0 Å². The van der Waals surface area contributed by atoms with Gasteiger partial charge in [-0.2, -0.15) is 0 Å². The van der Waals surface area contributed by atoms with Crippen LogP contribution in [0.25, 0.3) is 0 Å². The van der Waals surface area contributed by atoms with Gasteiger partial charge >= 0.3 is 0 Å². The lowest BCUT2D eigenvalue weighted by atomic mass is 9.75. The van der Waals surface area contributed by atoms with E-state index in [2.05, 4.69) is 54.0 Å². The average Bonchev–Trinajstić information content (AvgIpc) is 2.48. The second-order valence-corrected chi connectivity index (χ2v) is 6.54. The fourth-order valence-corrected chi connectivity index (χ4v) is 3.06. The van der Waals surface area contributed by atoms with Gasteiger partial charge in [-0.05, 0) is 30.2 Å². The minimum absolute atomic E-state index is 0.107. The van der Waals surface area contributed by atoms with E-state index >= 15 is 0 Å². The molecule has 2 aromatic rings. The zero-order valence-electron chi connectivity index (χ0n) is 12.8. The Bertz CT molecular complexity index is 595. The molecule has 2 aromatic carbocycles. The van der Waals surface area contributed by atoms with Crippen molar-refractivity contribution in [3.63, 3.8) is 0 Å². The highest BCUT2D eigenvalue weighted by molar-refractivity contribution is 9.10. The first-order valence-electron chi connectivity index (χ1n) is 7.20. The molecule has 0 aliphatic carbocycles. The molecule has 112 valence electrons. The summed E-state index contributed by atoms with van der Waals surface area (Å²) >= 11 is 3.62. The minimum atomic E-state index is -0.156. The van der Waals surface area contributed by atoms with Crippen molar-refractivity contribution in [2.45, 2.75) is 32.2 Å². The third-order valence-corrected chi connectivity index (χ3v) is 4.60. The monoisotopic (exact) mass is 347 g/mol. The van der Waals surface area contributed by atoms with Crippen LogP contribution >= 0.6 is 15.9 Å². The van der Waals surface area contributed by atoms with Gasteiger partial charge in [0.2, 0.25) is 0 Å². The smallest absolute Gasteiger partial charge is 0.120 e. The van der Waals surface area contributed by atoms with Crippen molar-refractivity contribution in [3.05, 3.63) is 64.1 Å². The molecule has 21 heavy (non-hydrogen) atoms. The van der Waals surface area contributed by atoms with Crippen molar-refractivity contribution >= 4 is 15.9 Å². The summed E-state index contributed by atoms with van der Waals surface area (Å²) in [6.07, 6.45) is 0. The Morgan fingerprint density at radius 1 is 1.14 bits per heavy atom. The van der Waals surface area contributed by atoms with E-state index < -0.39 is 0 Å². The van der Waals surface area contributed by atoms with Crippen molar-refractivity contribution < 1.29 is 4.74 Å². The summed E-state index contributed by atoms with van der Waals surface area (Å²) in [7, 11) is 0. The first-order chi connectivity index (χ1) is 9.96. The molecule has 2 rings (SSSR count). The van der Waals surface area contributed by atoms with Crippen LogP contribution in [0.2, 0.25) is 0 Å². The highest BCUT2D eigenvalue weighted by Crippen LogP contribution is 2.38.